The van der Waals surface area contributed by atoms with Crippen LogP contribution in [0.15, 0.2) is 23.8 Å². The molecule has 2 aliphatic rings. The number of hydrazone groups is 1. The maximum atomic E-state index is 5.92. The first-order valence-electron chi connectivity index (χ1n) is 8.43. The van der Waals surface area contributed by atoms with E-state index in [1.165, 1.54) is 25.7 Å². The zero-order chi connectivity index (χ0) is 16.4. The third-order valence-corrected chi connectivity index (χ3v) is 5.41. The fourth-order valence-corrected chi connectivity index (χ4v) is 4.65. The predicted molar refractivity (Wildman–Crippen MR) is 88.9 cm³/mol. The summed E-state index contributed by atoms with van der Waals surface area (Å²) in [5, 5.41) is 4.04. The average Bonchev–Trinajstić information content (AvgIpc) is 3.17. The highest BCUT2D eigenvalue weighted by Gasteiger charge is 2.51. The Labute approximate surface area is 137 Å². The highest BCUT2D eigenvalue weighted by Crippen LogP contribution is 2.58. The van der Waals surface area contributed by atoms with E-state index in [9.17, 15) is 0 Å². The van der Waals surface area contributed by atoms with Crippen molar-refractivity contribution in [1.29, 1.82) is 0 Å². The van der Waals surface area contributed by atoms with Crippen molar-refractivity contribution in [2.24, 2.45) is 39.7 Å². The minimum absolute atomic E-state index is 0.146. The van der Waals surface area contributed by atoms with Crippen LogP contribution in [0.4, 0.5) is 0 Å². The Morgan fingerprint density at radius 1 is 1.43 bits per heavy atom. The number of nitrogens with zero attached hydrogens (tertiary/aromatic N) is 3. The van der Waals surface area contributed by atoms with Gasteiger partial charge in [-0.05, 0) is 43.4 Å². The molecule has 0 aromatic carbocycles. The summed E-state index contributed by atoms with van der Waals surface area (Å²) < 4.78 is 7.48. The lowest BCUT2D eigenvalue weighted by Gasteiger charge is -2.29. The molecular weight excluding hydrogens is 292 g/mol. The van der Waals surface area contributed by atoms with Crippen molar-refractivity contribution in [3.63, 3.8) is 0 Å². The summed E-state index contributed by atoms with van der Waals surface area (Å²) in [5.41, 5.74) is 14.9. The number of nitrogens with two attached hydrogens (primary N) is 2. The summed E-state index contributed by atoms with van der Waals surface area (Å²) in [6, 6.07) is 0.146. The molecule has 3 atom stereocenters. The monoisotopic (exact) mass is 320 g/mol. The molecule has 5 N–H and O–H groups in total. The van der Waals surface area contributed by atoms with Crippen LogP contribution < -0.4 is 16.9 Å². The molecule has 0 radical (unpaired) electrons. The molecule has 1 aromatic heterocycles. The number of amidine groups is 1. The van der Waals surface area contributed by atoms with E-state index in [2.05, 4.69) is 29.4 Å². The van der Waals surface area contributed by atoms with Crippen molar-refractivity contribution >= 4 is 6.02 Å². The number of ether oxygens (including phenoxy) is 1. The Balaban J connectivity index is 1.54. The Bertz CT molecular complexity index is 529. The van der Waals surface area contributed by atoms with E-state index < -0.39 is 6.29 Å². The molecule has 3 rings (SSSR count). The molecule has 0 saturated heterocycles. The fourth-order valence-electron chi connectivity index (χ4n) is 4.65. The van der Waals surface area contributed by atoms with Crippen molar-refractivity contribution in [1.82, 2.24) is 15.0 Å². The highest BCUT2D eigenvalue weighted by molar-refractivity contribution is 5.71. The SMILES string of the molecule is CC1CC2CC(C)CC2(CO/C(N)=N/NC(N)n2ccnc2)C1. The standard InChI is InChI=1S/C16H28N6O/c1-11-5-13-6-12(2)8-16(13,7-11)9-23-15(18)21-20-14(17)22-4-3-19-10-22/h3-4,10-14,20H,5-9,17H2,1-2H3,(H2,18,21). The molecule has 1 heterocycles. The highest BCUT2D eigenvalue weighted by atomic mass is 16.5. The van der Waals surface area contributed by atoms with Crippen LogP contribution in [0.1, 0.15) is 45.8 Å². The fraction of sp³-hybridized carbons (Fsp3) is 0.750. The van der Waals surface area contributed by atoms with E-state index >= 15 is 0 Å². The molecule has 2 saturated carbocycles. The largest absolute Gasteiger partial charge is 0.464 e. The second kappa shape index (κ2) is 6.39. The second-order valence-corrected chi connectivity index (χ2v) is 7.47. The quantitative estimate of drug-likeness (QED) is 0.331. The first-order chi connectivity index (χ1) is 11.0. The third kappa shape index (κ3) is 3.44. The summed E-state index contributed by atoms with van der Waals surface area (Å²) in [6.07, 6.45) is 9.62. The Hall–Kier alpha value is -1.76. The molecule has 0 bridgehead atoms. The molecule has 2 fully saturated rings. The molecule has 7 nitrogen and oxygen atoms in total. The third-order valence-electron chi connectivity index (χ3n) is 5.41. The van der Waals surface area contributed by atoms with Gasteiger partial charge < -0.3 is 15.0 Å². The van der Waals surface area contributed by atoms with Gasteiger partial charge in [-0.3, -0.25) is 11.2 Å². The lowest BCUT2D eigenvalue weighted by molar-refractivity contribution is 0.108. The zero-order valence-electron chi connectivity index (χ0n) is 14.0. The lowest BCUT2D eigenvalue weighted by atomic mass is 9.80. The van der Waals surface area contributed by atoms with Gasteiger partial charge >= 0.3 is 6.02 Å². The van der Waals surface area contributed by atoms with Gasteiger partial charge in [-0.2, -0.15) is 0 Å². The van der Waals surface area contributed by atoms with Gasteiger partial charge in [0.1, 0.15) is 0 Å². The predicted octanol–water partition coefficient (Wildman–Crippen LogP) is 1.60. The van der Waals surface area contributed by atoms with Crippen LogP contribution in [0.25, 0.3) is 0 Å². The van der Waals surface area contributed by atoms with Gasteiger partial charge in [0.05, 0.1) is 12.9 Å². The van der Waals surface area contributed by atoms with Crippen LogP contribution in [-0.4, -0.2) is 22.2 Å². The number of hydrogen-bond acceptors (Lipinski definition) is 5. The maximum Gasteiger partial charge on any atom is 0.303 e. The first kappa shape index (κ1) is 16.1. The summed E-state index contributed by atoms with van der Waals surface area (Å²) in [6.45, 7) is 5.34. The molecule has 3 unspecified atom stereocenters. The van der Waals surface area contributed by atoms with Gasteiger partial charge in [-0.15, -0.1) is 5.10 Å². The molecule has 128 valence electrons. The van der Waals surface area contributed by atoms with Crippen LogP contribution in [0.5, 0.6) is 0 Å². The van der Waals surface area contributed by atoms with E-state index in [-0.39, 0.29) is 11.4 Å². The van der Waals surface area contributed by atoms with Crippen molar-refractivity contribution in [3.05, 3.63) is 18.7 Å². The Kier molecular flexibility index (Phi) is 4.48. The number of aromatic nitrogens is 2. The van der Waals surface area contributed by atoms with E-state index in [0.29, 0.717) is 6.61 Å². The molecule has 0 aliphatic heterocycles. The molecule has 0 spiro atoms. The van der Waals surface area contributed by atoms with Gasteiger partial charge in [0.15, 0.2) is 6.29 Å². The Morgan fingerprint density at radius 2 is 2.13 bits per heavy atom. The number of hydrogen-bond donors (Lipinski definition) is 3. The molecule has 1 aromatic rings. The van der Waals surface area contributed by atoms with Crippen LogP contribution in [0.2, 0.25) is 0 Å². The van der Waals surface area contributed by atoms with Gasteiger partial charge in [0.2, 0.25) is 0 Å². The summed E-state index contributed by atoms with van der Waals surface area (Å²) in [5.74, 6) is 2.32. The van der Waals surface area contributed by atoms with Crippen LogP contribution >= 0.6 is 0 Å². The van der Waals surface area contributed by atoms with Crippen molar-refractivity contribution < 1.29 is 4.74 Å². The topological polar surface area (TPSA) is 103 Å². The Morgan fingerprint density at radius 3 is 2.74 bits per heavy atom. The van der Waals surface area contributed by atoms with Crippen molar-refractivity contribution in [2.75, 3.05) is 6.61 Å². The van der Waals surface area contributed by atoms with Gasteiger partial charge in [0.25, 0.3) is 0 Å². The van der Waals surface area contributed by atoms with Crippen LogP contribution in [0.3, 0.4) is 0 Å². The van der Waals surface area contributed by atoms with E-state index in [1.807, 2.05) is 0 Å². The van der Waals surface area contributed by atoms with E-state index in [1.54, 1.807) is 23.3 Å². The first-order valence-corrected chi connectivity index (χ1v) is 8.43. The smallest absolute Gasteiger partial charge is 0.303 e. The van der Waals surface area contributed by atoms with Gasteiger partial charge in [0, 0.05) is 17.8 Å². The molecule has 23 heavy (non-hydrogen) atoms. The molecule has 0 amide bonds. The average molecular weight is 320 g/mol. The minimum atomic E-state index is -0.511. The minimum Gasteiger partial charge on any atom is -0.464 e. The molecule has 7 heteroatoms. The normalized spacial score (nSPS) is 35.1. The number of nitrogens with one attached hydrogen (secondary N) is 1. The summed E-state index contributed by atoms with van der Waals surface area (Å²) >= 11 is 0. The van der Waals surface area contributed by atoms with E-state index in [4.69, 9.17) is 16.2 Å². The van der Waals surface area contributed by atoms with Crippen molar-refractivity contribution in [2.45, 2.75) is 45.8 Å². The number of imidazole rings is 1. The number of fused-ring (bicyclic) bond motifs is 1. The van der Waals surface area contributed by atoms with Crippen molar-refractivity contribution in [3.8, 4) is 0 Å². The molecule has 2 aliphatic carbocycles. The summed E-state index contributed by atoms with van der Waals surface area (Å²) in [4.78, 5) is 3.94. The molecular formula is C16H28N6O. The van der Waals surface area contributed by atoms with Gasteiger partial charge in [-0.25, -0.2) is 4.98 Å². The van der Waals surface area contributed by atoms with Crippen LogP contribution in [0, 0.1) is 23.2 Å². The lowest BCUT2D eigenvalue weighted by Crippen LogP contribution is -2.34. The summed E-state index contributed by atoms with van der Waals surface area (Å²) in [7, 11) is 0. The second-order valence-electron chi connectivity index (χ2n) is 7.47. The number of rotatable bonds is 5. The maximum absolute atomic E-state index is 5.92. The van der Waals surface area contributed by atoms with Crippen LogP contribution in [-0.2, 0) is 4.74 Å². The van der Waals surface area contributed by atoms with E-state index in [0.717, 1.165) is 17.8 Å². The zero-order valence-corrected chi connectivity index (χ0v) is 14.0. The van der Waals surface area contributed by atoms with Gasteiger partial charge in [-0.1, -0.05) is 13.8 Å².